The van der Waals surface area contributed by atoms with Crippen molar-refractivity contribution >= 4 is 5.69 Å². The van der Waals surface area contributed by atoms with Crippen LogP contribution in [0.4, 0.5) is 5.69 Å². The van der Waals surface area contributed by atoms with Gasteiger partial charge in [-0.15, -0.1) is 0 Å². The number of nitro groups is 1. The van der Waals surface area contributed by atoms with E-state index in [0.717, 1.165) is 38.3 Å². The number of morpholine rings is 1. The quantitative estimate of drug-likeness (QED) is 0.623. The lowest BCUT2D eigenvalue weighted by atomic mass is 10.1. The molecule has 1 aromatic rings. The summed E-state index contributed by atoms with van der Waals surface area (Å²) >= 11 is 0. The fourth-order valence-corrected chi connectivity index (χ4v) is 2.51. The normalized spacial score (nSPS) is 19.9. The molecule has 20 heavy (non-hydrogen) atoms. The third-order valence-corrected chi connectivity index (χ3v) is 3.54. The minimum Gasteiger partial charge on any atom is -0.374 e. The third-order valence-electron chi connectivity index (χ3n) is 3.54. The van der Waals surface area contributed by atoms with Crippen molar-refractivity contribution in [3.8, 4) is 0 Å². The van der Waals surface area contributed by atoms with E-state index in [4.69, 9.17) is 4.74 Å². The van der Waals surface area contributed by atoms with E-state index in [1.54, 1.807) is 12.1 Å². The van der Waals surface area contributed by atoms with Crippen molar-refractivity contribution in [1.29, 1.82) is 0 Å². The number of likely N-dealkylation sites (N-methyl/N-ethyl adjacent to an activating group) is 1. The summed E-state index contributed by atoms with van der Waals surface area (Å²) in [6, 6.07) is 6.97. The van der Waals surface area contributed by atoms with Crippen LogP contribution in [0.25, 0.3) is 0 Å². The Labute approximate surface area is 118 Å². The molecule has 6 heteroatoms. The summed E-state index contributed by atoms with van der Waals surface area (Å²) in [6.07, 6.45) is 0.906. The van der Waals surface area contributed by atoms with Crippen LogP contribution < -0.4 is 5.32 Å². The van der Waals surface area contributed by atoms with E-state index in [-0.39, 0.29) is 16.7 Å². The first kappa shape index (κ1) is 14.9. The van der Waals surface area contributed by atoms with E-state index >= 15 is 0 Å². The van der Waals surface area contributed by atoms with Gasteiger partial charge < -0.3 is 10.1 Å². The van der Waals surface area contributed by atoms with E-state index in [0.29, 0.717) is 6.42 Å². The van der Waals surface area contributed by atoms with Crippen LogP contribution in [0.3, 0.4) is 0 Å². The highest BCUT2D eigenvalue weighted by Gasteiger charge is 2.20. The first-order valence-electron chi connectivity index (χ1n) is 6.91. The molecule has 0 radical (unpaired) electrons. The first-order valence-corrected chi connectivity index (χ1v) is 6.91. The molecule has 1 atom stereocenters. The van der Waals surface area contributed by atoms with Crippen molar-refractivity contribution in [2.75, 3.05) is 39.8 Å². The molecular formula is C14H21N3O3. The summed E-state index contributed by atoms with van der Waals surface area (Å²) in [5.74, 6) is 0. The zero-order valence-corrected chi connectivity index (χ0v) is 11.7. The number of nitrogens with one attached hydrogen (secondary N) is 1. The van der Waals surface area contributed by atoms with Gasteiger partial charge in [0.25, 0.3) is 5.69 Å². The maximum absolute atomic E-state index is 11.0. The maximum atomic E-state index is 11.0. The van der Waals surface area contributed by atoms with Crippen molar-refractivity contribution < 1.29 is 9.66 Å². The van der Waals surface area contributed by atoms with E-state index in [1.165, 1.54) is 0 Å². The zero-order chi connectivity index (χ0) is 14.4. The van der Waals surface area contributed by atoms with Gasteiger partial charge in [-0.1, -0.05) is 18.2 Å². The summed E-state index contributed by atoms with van der Waals surface area (Å²) < 4.78 is 5.65. The van der Waals surface area contributed by atoms with Gasteiger partial charge in [-0.05, 0) is 13.5 Å². The second-order valence-corrected chi connectivity index (χ2v) is 4.99. The second-order valence-electron chi connectivity index (χ2n) is 4.99. The molecule has 6 nitrogen and oxygen atoms in total. The van der Waals surface area contributed by atoms with Crippen molar-refractivity contribution in [2.45, 2.75) is 12.5 Å². The Morgan fingerprint density at radius 2 is 2.30 bits per heavy atom. The molecular weight excluding hydrogens is 258 g/mol. The minimum absolute atomic E-state index is 0.208. The number of para-hydroxylation sites is 1. The molecule has 0 amide bonds. The van der Waals surface area contributed by atoms with Crippen molar-refractivity contribution in [2.24, 2.45) is 0 Å². The Hall–Kier alpha value is -1.50. The highest BCUT2D eigenvalue weighted by atomic mass is 16.6. The summed E-state index contributed by atoms with van der Waals surface area (Å²) in [7, 11) is 1.91. The summed E-state index contributed by atoms with van der Waals surface area (Å²) in [5.41, 5.74) is 1.02. The van der Waals surface area contributed by atoms with Gasteiger partial charge in [-0.2, -0.15) is 0 Å². The molecule has 2 rings (SSSR count). The van der Waals surface area contributed by atoms with Gasteiger partial charge in [0, 0.05) is 37.8 Å². The average Bonchev–Trinajstić information content (AvgIpc) is 2.46. The molecule has 0 aromatic heterocycles. The second kappa shape index (κ2) is 7.33. The maximum Gasteiger partial charge on any atom is 0.272 e. The van der Waals surface area contributed by atoms with Gasteiger partial charge in [0.2, 0.25) is 0 Å². The van der Waals surface area contributed by atoms with Crippen LogP contribution in [0.2, 0.25) is 0 Å². The van der Waals surface area contributed by atoms with Gasteiger partial charge in [0.05, 0.1) is 17.6 Å². The molecule has 1 aliphatic heterocycles. The number of hydrogen-bond donors (Lipinski definition) is 1. The molecule has 1 aliphatic rings. The van der Waals surface area contributed by atoms with Crippen molar-refractivity contribution in [3.05, 3.63) is 39.9 Å². The average molecular weight is 279 g/mol. The van der Waals surface area contributed by atoms with Crippen LogP contribution >= 0.6 is 0 Å². The number of nitro benzene ring substituents is 1. The molecule has 0 spiro atoms. The number of nitrogens with zero attached hydrogens (tertiary/aromatic N) is 2. The first-order chi connectivity index (χ1) is 9.70. The molecule has 0 aliphatic carbocycles. The standard InChI is InChI=1S/C14H21N3O3/c1-15-10-13-11-16(8-9-20-13)7-6-12-4-2-3-5-14(12)17(18)19/h2-5,13,15H,6-11H2,1H3. The van der Waals surface area contributed by atoms with Crippen LogP contribution in [0, 0.1) is 10.1 Å². The summed E-state index contributed by atoms with van der Waals surface area (Å²) in [6.45, 7) is 4.15. The van der Waals surface area contributed by atoms with Crippen LogP contribution in [0.15, 0.2) is 24.3 Å². The van der Waals surface area contributed by atoms with Gasteiger partial charge in [0.15, 0.2) is 0 Å². The Morgan fingerprint density at radius 3 is 3.05 bits per heavy atom. The fraction of sp³-hybridized carbons (Fsp3) is 0.571. The summed E-state index contributed by atoms with van der Waals surface area (Å²) in [4.78, 5) is 13.0. The van der Waals surface area contributed by atoms with E-state index < -0.39 is 0 Å². The van der Waals surface area contributed by atoms with Crippen molar-refractivity contribution in [1.82, 2.24) is 10.2 Å². The summed E-state index contributed by atoms with van der Waals surface area (Å²) in [5, 5.41) is 14.1. The molecule has 1 unspecified atom stereocenters. The predicted octanol–water partition coefficient (Wildman–Crippen LogP) is 1.06. The Balaban J connectivity index is 1.90. The number of benzene rings is 1. The topological polar surface area (TPSA) is 67.6 Å². The van der Waals surface area contributed by atoms with E-state index in [2.05, 4.69) is 10.2 Å². The lowest BCUT2D eigenvalue weighted by molar-refractivity contribution is -0.385. The number of ether oxygens (including phenoxy) is 1. The fourth-order valence-electron chi connectivity index (χ4n) is 2.51. The van der Waals surface area contributed by atoms with Gasteiger partial charge in [-0.25, -0.2) is 0 Å². The SMILES string of the molecule is CNCC1CN(CCc2ccccc2[N+](=O)[O-])CCO1. The lowest BCUT2D eigenvalue weighted by Gasteiger charge is -2.32. The molecule has 0 bridgehead atoms. The van der Waals surface area contributed by atoms with Crippen molar-refractivity contribution in [3.63, 3.8) is 0 Å². The Morgan fingerprint density at radius 1 is 1.50 bits per heavy atom. The predicted molar refractivity (Wildman–Crippen MR) is 76.9 cm³/mol. The number of hydrogen-bond acceptors (Lipinski definition) is 5. The molecule has 1 N–H and O–H groups in total. The van der Waals surface area contributed by atoms with E-state index in [9.17, 15) is 10.1 Å². The monoisotopic (exact) mass is 279 g/mol. The third kappa shape index (κ3) is 4.00. The molecule has 1 saturated heterocycles. The van der Waals surface area contributed by atoms with Crippen LogP contribution in [-0.2, 0) is 11.2 Å². The molecule has 110 valence electrons. The largest absolute Gasteiger partial charge is 0.374 e. The smallest absolute Gasteiger partial charge is 0.272 e. The zero-order valence-electron chi connectivity index (χ0n) is 11.7. The van der Waals surface area contributed by atoms with Crippen LogP contribution in [0.5, 0.6) is 0 Å². The number of rotatable bonds is 6. The molecule has 1 heterocycles. The molecule has 1 fully saturated rings. The van der Waals surface area contributed by atoms with Crippen LogP contribution in [0.1, 0.15) is 5.56 Å². The lowest BCUT2D eigenvalue weighted by Crippen LogP contribution is -2.46. The highest BCUT2D eigenvalue weighted by Crippen LogP contribution is 2.18. The van der Waals surface area contributed by atoms with Gasteiger partial charge in [0.1, 0.15) is 0 Å². The van der Waals surface area contributed by atoms with E-state index in [1.807, 2.05) is 19.2 Å². The van der Waals surface area contributed by atoms with Crippen LogP contribution in [-0.4, -0.2) is 55.8 Å². The molecule has 1 aromatic carbocycles. The van der Waals surface area contributed by atoms with Gasteiger partial charge >= 0.3 is 0 Å². The molecule has 0 saturated carbocycles. The Bertz CT molecular complexity index is 451. The van der Waals surface area contributed by atoms with Gasteiger partial charge in [-0.3, -0.25) is 15.0 Å². The minimum atomic E-state index is -0.307. The Kier molecular flexibility index (Phi) is 5.46. The highest BCUT2D eigenvalue weighted by molar-refractivity contribution is 5.39.